The summed E-state index contributed by atoms with van der Waals surface area (Å²) in [4.78, 5) is 11.7. The number of carbonyl (C=O) groups is 1. The molecule has 2 N–H and O–H groups in total. The van der Waals surface area contributed by atoms with Gasteiger partial charge in [-0.15, -0.1) is 0 Å². The van der Waals surface area contributed by atoms with Crippen LogP contribution < -0.4 is 10.6 Å². The van der Waals surface area contributed by atoms with Crippen molar-refractivity contribution >= 4 is 35.0 Å². The molecule has 1 unspecified atom stereocenters. The normalized spacial score (nSPS) is 12.2. The number of halogens is 1. The molecule has 0 aliphatic rings. The van der Waals surface area contributed by atoms with Gasteiger partial charge in [-0.05, 0) is 43.0 Å². The molecule has 0 aliphatic carbocycles. The van der Waals surface area contributed by atoms with Gasteiger partial charge in [-0.1, -0.05) is 24.6 Å². The van der Waals surface area contributed by atoms with Crippen molar-refractivity contribution in [1.29, 1.82) is 0 Å². The van der Waals surface area contributed by atoms with Crippen LogP contribution in [0.5, 0.6) is 0 Å². The second-order valence-corrected chi connectivity index (χ2v) is 6.16. The van der Waals surface area contributed by atoms with Gasteiger partial charge in [0.2, 0.25) is 5.91 Å². The summed E-state index contributed by atoms with van der Waals surface area (Å²) >= 11 is 7.78. The summed E-state index contributed by atoms with van der Waals surface area (Å²) < 4.78 is 0. The first kappa shape index (κ1) is 16.3. The molecule has 1 aromatic rings. The molecular weight excluding hydrogens is 280 g/mol. The van der Waals surface area contributed by atoms with Crippen LogP contribution in [0.2, 0.25) is 5.02 Å². The average Bonchev–Trinajstić information content (AvgIpc) is 2.37. The SMILES string of the molecule is CCSCCC(C)NCC(=O)Nc1cccc(Cl)c1. The van der Waals surface area contributed by atoms with Crippen LogP contribution in [0.1, 0.15) is 20.3 Å². The van der Waals surface area contributed by atoms with Crippen LogP contribution in [0.4, 0.5) is 5.69 Å². The lowest BCUT2D eigenvalue weighted by Gasteiger charge is -2.13. The summed E-state index contributed by atoms with van der Waals surface area (Å²) in [7, 11) is 0. The number of thioether (sulfide) groups is 1. The Morgan fingerprint density at radius 1 is 1.47 bits per heavy atom. The van der Waals surface area contributed by atoms with Gasteiger partial charge in [0.1, 0.15) is 0 Å². The number of carbonyl (C=O) groups excluding carboxylic acids is 1. The molecule has 0 saturated carbocycles. The summed E-state index contributed by atoms with van der Waals surface area (Å²) in [5.74, 6) is 2.22. The van der Waals surface area contributed by atoms with E-state index in [1.54, 1.807) is 12.1 Å². The number of amides is 1. The molecule has 1 atom stereocenters. The Morgan fingerprint density at radius 3 is 2.95 bits per heavy atom. The first-order chi connectivity index (χ1) is 9.11. The van der Waals surface area contributed by atoms with E-state index in [4.69, 9.17) is 11.6 Å². The highest BCUT2D eigenvalue weighted by Crippen LogP contribution is 2.14. The van der Waals surface area contributed by atoms with Crippen molar-refractivity contribution in [2.45, 2.75) is 26.3 Å². The fraction of sp³-hybridized carbons (Fsp3) is 0.500. The zero-order valence-corrected chi connectivity index (χ0v) is 13.0. The molecule has 0 aromatic heterocycles. The molecule has 0 fully saturated rings. The minimum absolute atomic E-state index is 0.0442. The van der Waals surface area contributed by atoms with Crippen LogP contribution in [0, 0.1) is 0 Å². The van der Waals surface area contributed by atoms with Gasteiger partial charge in [0.05, 0.1) is 6.54 Å². The summed E-state index contributed by atoms with van der Waals surface area (Å²) in [5.41, 5.74) is 0.730. The molecule has 0 radical (unpaired) electrons. The lowest BCUT2D eigenvalue weighted by atomic mass is 10.2. The van der Waals surface area contributed by atoms with Gasteiger partial charge in [-0.25, -0.2) is 0 Å². The highest BCUT2D eigenvalue weighted by atomic mass is 35.5. The standard InChI is InChI=1S/C14H21ClN2OS/c1-3-19-8-7-11(2)16-10-14(18)17-13-6-4-5-12(15)9-13/h4-6,9,11,16H,3,7-8,10H2,1-2H3,(H,17,18). The van der Waals surface area contributed by atoms with E-state index in [-0.39, 0.29) is 5.91 Å². The maximum Gasteiger partial charge on any atom is 0.238 e. The van der Waals surface area contributed by atoms with E-state index in [1.807, 2.05) is 23.9 Å². The quantitative estimate of drug-likeness (QED) is 0.723. The fourth-order valence-electron chi connectivity index (χ4n) is 1.54. The van der Waals surface area contributed by atoms with E-state index in [0.29, 0.717) is 17.6 Å². The molecule has 1 amide bonds. The smallest absolute Gasteiger partial charge is 0.238 e. The Morgan fingerprint density at radius 2 is 2.26 bits per heavy atom. The minimum atomic E-state index is -0.0442. The molecule has 0 bridgehead atoms. The molecular formula is C14H21ClN2OS. The number of benzene rings is 1. The van der Waals surface area contributed by atoms with Gasteiger partial charge >= 0.3 is 0 Å². The Kier molecular flexibility index (Phi) is 7.94. The van der Waals surface area contributed by atoms with E-state index >= 15 is 0 Å². The average molecular weight is 301 g/mol. The minimum Gasteiger partial charge on any atom is -0.325 e. The summed E-state index contributed by atoms with van der Waals surface area (Å²) in [6.07, 6.45) is 1.07. The van der Waals surface area contributed by atoms with Crippen molar-refractivity contribution in [2.75, 3.05) is 23.4 Å². The van der Waals surface area contributed by atoms with E-state index in [0.717, 1.165) is 23.6 Å². The molecule has 106 valence electrons. The Balaban J connectivity index is 2.24. The summed E-state index contributed by atoms with van der Waals surface area (Å²) in [6, 6.07) is 7.51. The zero-order chi connectivity index (χ0) is 14.1. The van der Waals surface area contributed by atoms with Crippen molar-refractivity contribution in [3.05, 3.63) is 29.3 Å². The fourth-order valence-corrected chi connectivity index (χ4v) is 2.54. The number of anilines is 1. The van der Waals surface area contributed by atoms with Gasteiger partial charge in [0.25, 0.3) is 0 Å². The predicted octanol–water partition coefficient (Wildman–Crippen LogP) is 3.40. The molecule has 1 rings (SSSR count). The second kappa shape index (κ2) is 9.23. The highest BCUT2D eigenvalue weighted by Gasteiger charge is 2.06. The first-order valence-corrected chi connectivity index (χ1v) is 8.01. The third kappa shape index (κ3) is 7.45. The number of nitrogens with one attached hydrogen (secondary N) is 2. The summed E-state index contributed by atoms with van der Waals surface area (Å²) in [6.45, 7) is 4.58. The number of hydrogen-bond acceptors (Lipinski definition) is 3. The number of rotatable bonds is 8. The molecule has 0 spiro atoms. The van der Waals surface area contributed by atoms with Gasteiger partial charge in [0.15, 0.2) is 0 Å². The van der Waals surface area contributed by atoms with Crippen LogP contribution >= 0.6 is 23.4 Å². The van der Waals surface area contributed by atoms with E-state index in [9.17, 15) is 4.79 Å². The maximum atomic E-state index is 11.7. The third-order valence-electron chi connectivity index (χ3n) is 2.62. The van der Waals surface area contributed by atoms with Crippen molar-refractivity contribution in [2.24, 2.45) is 0 Å². The summed E-state index contributed by atoms with van der Waals surface area (Å²) in [5, 5.41) is 6.65. The van der Waals surface area contributed by atoms with E-state index in [2.05, 4.69) is 24.5 Å². The van der Waals surface area contributed by atoms with Crippen LogP contribution in [0.25, 0.3) is 0 Å². The first-order valence-electron chi connectivity index (χ1n) is 6.48. The van der Waals surface area contributed by atoms with Crippen molar-refractivity contribution < 1.29 is 4.79 Å². The van der Waals surface area contributed by atoms with Crippen molar-refractivity contribution in [1.82, 2.24) is 5.32 Å². The van der Waals surface area contributed by atoms with Crippen molar-refractivity contribution in [3.63, 3.8) is 0 Å². The van der Waals surface area contributed by atoms with E-state index < -0.39 is 0 Å². The van der Waals surface area contributed by atoms with E-state index in [1.165, 1.54) is 0 Å². The Labute approximate surface area is 124 Å². The van der Waals surface area contributed by atoms with Crippen LogP contribution in [0.3, 0.4) is 0 Å². The zero-order valence-electron chi connectivity index (χ0n) is 11.4. The molecule has 0 saturated heterocycles. The van der Waals surface area contributed by atoms with Gasteiger partial charge in [-0.3, -0.25) is 4.79 Å². The molecule has 3 nitrogen and oxygen atoms in total. The topological polar surface area (TPSA) is 41.1 Å². The molecule has 0 heterocycles. The second-order valence-electron chi connectivity index (χ2n) is 4.33. The number of hydrogen-bond donors (Lipinski definition) is 2. The monoisotopic (exact) mass is 300 g/mol. The van der Waals surface area contributed by atoms with Crippen molar-refractivity contribution in [3.8, 4) is 0 Å². The maximum absolute atomic E-state index is 11.7. The highest BCUT2D eigenvalue weighted by molar-refractivity contribution is 7.99. The Hall–Kier alpha value is -0.710. The van der Waals surface area contributed by atoms with Crippen LogP contribution in [-0.4, -0.2) is 30.0 Å². The molecule has 5 heteroatoms. The van der Waals surface area contributed by atoms with Gasteiger partial charge in [-0.2, -0.15) is 11.8 Å². The van der Waals surface area contributed by atoms with Crippen LogP contribution in [-0.2, 0) is 4.79 Å². The largest absolute Gasteiger partial charge is 0.325 e. The Bertz CT molecular complexity index is 401. The van der Waals surface area contributed by atoms with Gasteiger partial charge < -0.3 is 10.6 Å². The van der Waals surface area contributed by atoms with Gasteiger partial charge in [0, 0.05) is 16.8 Å². The predicted molar refractivity (Wildman–Crippen MR) is 85.2 cm³/mol. The molecule has 1 aromatic carbocycles. The lowest BCUT2D eigenvalue weighted by Crippen LogP contribution is -2.34. The van der Waals surface area contributed by atoms with Crippen LogP contribution in [0.15, 0.2) is 24.3 Å². The lowest BCUT2D eigenvalue weighted by molar-refractivity contribution is -0.115. The molecule has 0 aliphatic heterocycles. The third-order valence-corrected chi connectivity index (χ3v) is 3.79. The molecule has 19 heavy (non-hydrogen) atoms.